The van der Waals surface area contributed by atoms with Crippen molar-refractivity contribution in [2.24, 2.45) is 0 Å². The summed E-state index contributed by atoms with van der Waals surface area (Å²) in [6.07, 6.45) is 1.06. The molecule has 0 unspecified atom stereocenters. The van der Waals surface area contributed by atoms with Crippen LogP contribution in [0.1, 0.15) is 28.2 Å². The van der Waals surface area contributed by atoms with Crippen molar-refractivity contribution in [2.75, 3.05) is 11.4 Å². The molecule has 0 aliphatic rings. The smallest absolute Gasteiger partial charge is 0.305 e. The Kier molecular flexibility index (Phi) is 4.37. The molecular weight excluding hydrogens is 272 g/mol. The number of oxazole rings is 1. The summed E-state index contributed by atoms with van der Waals surface area (Å²) in [5.41, 5.74) is 2.16. The lowest BCUT2D eigenvalue weighted by atomic mass is 10.2. The molecule has 21 heavy (non-hydrogen) atoms. The molecule has 1 amide bonds. The third kappa shape index (κ3) is 3.47. The fraction of sp³-hybridized carbons (Fsp3) is 0.267. The topological polar surface area (TPSA) is 83.6 Å². The number of aliphatic carboxylic acids is 1. The van der Waals surface area contributed by atoms with Crippen LogP contribution in [0.3, 0.4) is 0 Å². The molecule has 0 aliphatic carbocycles. The van der Waals surface area contributed by atoms with Crippen LogP contribution in [0.15, 0.2) is 35.1 Å². The van der Waals surface area contributed by atoms with Crippen LogP contribution in [0.25, 0.3) is 0 Å². The second kappa shape index (κ2) is 6.21. The van der Waals surface area contributed by atoms with Crippen LogP contribution < -0.4 is 4.90 Å². The predicted octanol–water partition coefficient (Wildman–Crippen LogP) is 2.41. The molecule has 0 saturated carbocycles. The molecule has 0 aliphatic heterocycles. The van der Waals surface area contributed by atoms with Crippen molar-refractivity contribution in [2.45, 2.75) is 20.3 Å². The zero-order chi connectivity index (χ0) is 15.4. The van der Waals surface area contributed by atoms with Crippen LogP contribution in [-0.2, 0) is 4.79 Å². The van der Waals surface area contributed by atoms with E-state index in [9.17, 15) is 9.59 Å². The van der Waals surface area contributed by atoms with Gasteiger partial charge in [0.05, 0.1) is 12.1 Å². The molecule has 0 fully saturated rings. The standard InChI is InChI=1S/C15H16N2O4/c1-10-3-5-12(6-4-10)17(8-7-13(18)19)15(20)14-11(2)16-9-21-14/h3-6,9H,7-8H2,1-2H3,(H,18,19). The quantitative estimate of drug-likeness (QED) is 0.913. The highest BCUT2D eigenvalue weighted by atomic mass is 16.4. The van der Waals surface area contributed by atoms with Gasteiger partial charge < -0.3 is 14.4 Å². The normalized spacial score (nSPS) is 10.4. The van der Waals surface area contributed by atoms with E-state index in [4.69, 9.17) is 9.52 Å². The number of anilines is 1. The van der Waals surface area contributed by atoms with E-state index in [-0.39, 0.29) is 18.7 Å². The van der Waals surface area contributed by atoms with Gasteiger partial charge in [-0.1, -0.05) is 17.7 Å². The number of nitrogens with zero attached hydrogens (tertiary/aromatic N) is 2. The van der Waals surface area contributed by atoms with Gasteiger partial charge in [0.2, 0.25) is 5.76 Å². The van der Waals surface area contributed by atoms with Gasteiger partial charge in [0, 0.05) is 12.2 Å². The van der Waals surface area contributed by atoms with Gasteiger partial charge in [-0.25, -0.2) is 4.98 Å². The molecule has 0 saturated heterocycles. The lowest BCUT2D eigenvalue weighted by Crippen LogP contribution is -2.33. The number of benzene rings is 1. The summed E-state index contributed by atoms with van der Waals surface area (Å²) in [6.45, 7) is 3.67. The average Bonchev–Trinajstić information content (AvgIpc) is 2.86. The van der Waals surface area contributed by atoms with E-state index in [2.05, 4.69) is 4.98 Å². The number of hydrogen-bond donors (Lipinski definition) is 1. The van der Waals surface area contributed by atoms with Crippen LogP contribution in [0.4, 0.5) is 5.69 Å². The highest BCUT2D eigenvalue weighted by molar-refractivity contribution is 6.05. The minimum absolute atomic E-state index is 0.0668. The van der Waals surface area contributed by atoms with Crippen molar-refractivity contribution in [1.82, 2.24) is 4.98 Å². The third-order valence-corrected chi connectivity index (χ3v) is 3.08. The number of aromatic nitrogens is 1. The number of carboxylic acid groups (broad SMARTS) is 1. The lowest BCUT2D eigenvalue weighted by molar-refractivity contribution is -0.136. The number of amides is 1. The number of carbonyl (C=O) groups excluding carboxylic acids is 1. The molecule has 6 heteroatoms. The summed E-state index contributed by atoms with van der Waals surface area (Å²) in [4.78, 5) is 28.6. The molecule has 0 spiro atoms. The van der Waals surface area contributed by atoms with Crippen LogP contribution in [0, 0.1) is 13.8 Å². The Morgan fingerprint density at radius 1 is 1.24 bits per heavy atom. The van der Waals surface area contributed by atoms with Crippen LogP contribution in [0.2, 0.25) is 0 Å². The van der Waals surface area contributed by atoms with Gasteiger partial charge in [0.15, 0.2) is 6.39 Å². The Morgan fingerprint density at radius 3 is 2.43 bits per heavy atom. The molecule has 1 aromatic heterocycles. The second-order valence-corrected chi connectivity index (χ2v) is 4.70. The molecule has 1 aromatic carbocycles. The minimum atomic E-state index is -0.964. The van der Waals surface area contributed by atoms with Crippen molar-refractivity contribution in [1.29, 1.82) is 0 Å². The average molecular weight is 288 g/mol. The predicted molar refractivity (Wildman–Crippen MR) is 76.3 cm³/mol. The van der Waals surface area contributed by atoms with E-state index in [1.165, 1.54) is 11.3 Å². The molecule has 1 heterocycles. The molecule has 2 aromatic rings. The molecule has 110 valence electrons. The highest BCUT2D eigenvalue weighted by Gasteiger charge is 2.23. The van der Waals surface area contributed by atoms with E-state index in [1.807, 2.05) is 19.1 Å². The van der Waals surface area contributed by atoms with Crippen molar-refractivity contribution in [3.8, 4) is 0 Å². The van der Waals surface area contributed by atoms with E-state index < -0.39 is 11.9 Å². The van der Waals surface area contributed by atoms with E-state index in [0.717, 1.165) is 5.56 Å². The Balaban J connectivity index is 2.31. The van der Waals surface area contributed by atoms with E-state index in [0.29, 0.717) is 11.4 Å². The van der Waals surface area contributed by atoms with Gasteiger partial charge in [0.1, 0.15) is 0 Å². The fourth-order valence-electron chi connectivity index (χ4n) is 1.91. The first kappa shape index (κ1) is 14.8. The minimum Gasteiger partial charge on any atom is -0.481 e. The Bertz CT molecular complexity index is 646. The summed E-state index contributed by atoms with van der Waals surface area (Å²) >= 11 is 0. The van der Waals surface area contributed by atoms with Crippen molar-refractivity contribution >= 4 is 17.6 Å². The van der Waals surface area contributed by atoms with Crippen LogP contribution >= 0.6 is 0 Å². The first-order chi connectivity index (χ1) is 9.99. The molecule has 1 N–H and O–H groups in total. The van der Waals surface area contributed by atoms with Crippen LogP contribution in [0.5, 0.6) is 0 Å². The van der Waals surface area contributed by atoms with Crippen molar-refractivity contribution < 1.29 is 19.1 Å². The zero-order valence-electron chi connectivity index (χ0n) is 11.9. The van der Waals surface area contributed by atoms with Crippen molar-refractivity contribution in [3.05, 3.63) is 47.7 Å². The summed E-state index contributed by atoms with van der Waals surface area (Å²) in [5.74, 6) is -1.23. The number of hydrogen-bond acceptors (Lipinski definition) is 4. The summed E-state index contributed by atoms with van der Waals surface area (Å²) < 4.78 is 5.11. The van der Waals surface area contributed by atoms with Crippen LogP contribution in [-0.4, -0.2) is 28.5 Å². The van der Waals surface area contributed by atoms with Gasteiger partial charge in [-0.3, -0.25) is 9.59 Å². The first-order valence-corrected chi connectivity index (χ1v) is 6.49. The van der Waals surface area contributed by atoms with Gasteiger partial charge >= 0.3 is 5.97 Å². The maximum atomic E-state index is 12.5. The van der Waals surface area contributed by atoms with Crippen molar-refractivity contribution in [3.63, 3.8) is 0 Å². The summed E-state index contributed by atoms with van der Waals surface area (Å²) in [5, 5.41) is 8.85. The highest BCUT2D eigenvalue weighted by Crippen LogP contribution is 2.19. The molecule has 0 atom stereocenters. The molecule has 0 radical (unpaired) electrons. The lowest BCUT2D eigenvalue weighted by Gasteiger charge is -2.21. The van der Waals surface area contributed by atoms with E-state index in [1.54, 1.807) is 19.1 Å². The fourth-order valence-corrected chi connectivity index (χ4v) is 1.91. The number of rotatable bonds is 5. The van der Waals surface area contributed by atoms with Gasteiger partial charge in [-0.05, 0) is 26.0 Å². The maximum Gasteiger partial charge on any atom is 0.305 e. The molecular formula is C15H16N2O4. The summed E-state index contributed by atoms with van der Waals surface area (Å²) in [6, 6.07) is 7.29. The third-order valence-electron chi connectivity index (χ3n) is 3.08. The zero-order valence-corrected chi connectivity index (χ0v) is 11.9. The van der Waals surface area contributed by atoms with Gasteiger partial charge in [0.25, 0.3) is 5.91 Å². The molecule has 6 nitrogen and oxygen atoms in total. The SMILES string of the molecule is Cc1ccc(N(CCC(=O)O)C(=O)c2ocnc2C)cc1. The largest absolute Gasteiger partial charge is 0.481 e. The van der Waals surface area contributed by atoms with Gasteiger partial charge in [-0.2, -0.15) is 0 Å². The molecule has 0 bridgehead atoms. The second-order valence-electron chi connectivity index (χ2n) is 4.70. The number of aryl methyl sites for hydroxylation is 2. The Hall–Kier alpha value is -2.63. The monoisotopic (exact) mass is 288 g/mol. The maximum absolute atomic E-state index is 12.5. The number of carboxylic acids is 1. The summed E-state index contributed by atoms with van der Waals surface area (Å²) in [7, 11) is 0. The molecule has 2 rings (SSSR count). The van der Waals surface area contributed by atoms with E-state index >= 15 is 0 Å². The Labute approximate surface area is 122 Å². The number of carbonyl (C=O) groups is 2. The van der Waals surface area contributed by atoms with Gasteiger partial charge in [-0.15, -0.1) is 0 Å². The Morgan fingerprint density at radius 2 is 1.90 bits per heavy atom. The first-order valence-electron chi connectivity index (χ1n) is 6.49.